The maximum Gasteiger partial charge on any atom is 0.257 e. The van der Waals surface area contributed by atoms with Gasteiger partial charge in [-0.15, -0.1) is 11.3 Å². The van der Waals surface area contributed by atoms with Crippen molar-refractivity contribution in [2.45, 2.75) is 38.6 Å². The lowest BCUT2D eigenvalue weighted by molar-refractivity contribution is 0.0606. The molecule has 3 aromatic rings. The zero-order chi connectivity index (χ0) is 24.4. The minimum atomic E-state index is -0.121. The number of nitrogens with two attached hydrogens (primary N) is 1. The van der Waals surface area contributed by atoms with Gasteiger partial charge in [0.05, 0.1) is 11.3 Å². The number of hydrogen-bond donors (Lipinski definition) is 2. The van der Waals surface area contributed by atoms with Crippen LogP contribution in [-0.4, -0.2) is 87.5 Å². The first-order valence-corrected chi connectivity index (χ1v) is 13.4. The Labute approximate surface area is 210 Å². The molecule has 1 amide bonds. The van der Waals surface area contributed by atoms with Crippen LogP contribution in [0.1, 0.15) is 40.7 Å². The maximum absolute atomic E-state index is 13.1. The molecule has 35 heavy (non-hydrogen) atoms. The molecule has 0 saturated carbocycles. The third kappa shape index (κ3) is 5.12. The number of pyridine rings is 1. The molecular formula is C26H34N6O2S. The van der Waals surface area contributed by atoms with Crippen molar-refractivity contribution in [1.82, 2.24) is 24.7 Å². The Morgan fingerprint density at radius 3 is 2.86 bits per heavy atom. The molecule has 3 N–H and O–H groups in total. The molecule has 2 aliphatic rings. The fraction of sp³-hybridized carbons (Fsp3) is 0.500. The molecular weight excluding hydrogens is 460 g/mol. The molecule has 1 unspecified atom stereocenters. The smallest absolute Gasteiger partial charge is 0.257 e. The fourth-order valence-electron chi connectivity index (χ4n) is 5.37. The Kier molecular flexibility index (Phi) is 7.17. The van der Waals surface area contributed by atoms with Gasteiger partial charge < -0.3 is 15.7 Å². The van der Waals surface area contributed by atoms with Crippen LogP contribution in [-0.2, 0) is 12.8 Å². The number of phenols is 1. The molecule has 1 aliphatic heterocycles. The lowest BCUT2D eigenvalue weighted by atomic mass is 9.96. The molecule has 1 fully saturated rings. The summed E-state index contributed by atoms with van der Waals surface area (Å²) >= 11 is 1.65. The van der Waals surface area contributed by atoms with Gasteiger partial charge in [-0.3, -0.25) is 19.6 Å². The fourth-order valence-corrected chi connectivity index (χ4v) is 6.32. The van der Waals surface area contributed by atoms with Crippen molar-refractivity contribution < 1.29 is 9.90 Å². The Morgan fingerprint density at radius 2 is 2.06 bits per heavy atom. The van der Waals surface area contributed by atoms with E-state index < -0.39 is 0 Å². The number of rotatable bonds is 7. The first-order valence-electron chi connectivity index (χ1n) is 12.6. The number of nitrogen functional groups attached to an aromatic ring is 1. The number of nitrogens with zero attached hydrogens (tertiary/aromatic N) is 5. The first kappa shape index (κ1) is 24.0. The number of piperazine rings is 1. The molecule has 9 heteroatoms. The van der Waals surface area contributed by atoms with Crippen molar-refractivity contribution in [3.8, 4) is 5.75 Å². The van der Waals surface area contributed by atoms with Crippen molar-refractivity contribution in [1.29, 1.82) is 0 Å². The van der Waals surface area contributed by atoms with Crippen LogP contribution in [0.25, 0.3) is 10.9 Å². The number of aryl methyl sites for hydroxylation is 1. The quantitative estimate of drug-likeness (QED) is 0.521. The molecule has 1 aromatic carbocycles. The van der Waals surface area contributed by atoms with Gasteiger partial charge in [0.25, 0.3) is 5.91 Å². The van der Waals surface area contributed by atoms with Gasteiger partial charge in [0.1, 0.15) is 5.52 Å². The number of benzene rings is 1. The van der Waals surface area contributed by atoms with Crippen molar-refractivity contribution in [2.24, 2.45) is 0 Å². The number of carbonyl (C=O) groups excluding carboxylic acids is 1. The van der Waals surface area contributed by atoms with E-state index in [-0.39, 0.29) is 11.7 Å². The Hall–Kier alpha value is -2.75. The summed E-state index contributed by atoms with van der Waals surface area (Å²) in [5, 5.41) is 12.2. The molecule has 3 heterocycles. The minimum absolute atomic E-state index is 0.0240. The predicted molar refractivity (Wildman–Crippen MR) is 140 cm³/mol. The van der Waals surface area contributed by atoms with Crippen LogP contribution in [0.15, 0.2) is 30.5 Å². The summed E-state index contributed by atoms with van der Waals surface area (Å²) in [5.41, 5.74) is 7.95. The highest BCUT2D eigenvalue weighted by molar-refractivity contribution is 7.15. The molecule has 186 valence electrons. The number of aromatic hydroxyl groups is 1. The van der Waals surface area contributed by atoms with Crippen LogP contribution in [0.3, 0.4) is 0 Å². The number of aromatic nitrogens is 2. The highest BCUT2D eigenvalue weighted by Gasteiger charge is 2.28. The van der Waals surface area contributed by atoms with Gasteiger partial charge in [-0.05, 0) is 44.4 Å². The number of amides is 1. The van der Waals surface area contributed by atoms with Gasteiger partial charge in [0.2, 0.25) is 0 Å². The van der Waals surface area contributed by atoms with Gasteiger partial charge in [0.15, 0.2) is 10.9 Å². The average molecular weight is 495 g/mol. The molecule has 1 saturated heterocycles. The summed E-state index contributed by atoms with van der Waals surface area (Å²) in [5.74, 6) is -0.145. The van der Waals surface area contributed by atoms with E-state index in [9.17, 15) is 9.90 Å². The summed E-state index contributed by atoms with van der Waals surface area (Å²) in [6.07, 6.45) is 5.99. The van der Waals surface area contributed by atoms with Gasteiger partial charge in [0, 0.05) is 61.8 Å². The van der Waals surface area contributed by atoms with Crippen LogP contribution in [0.4, 0.5) is 5.13 Å². The molecule has 0 spiro atoms. The largest absolute Gasteiger partial charge is 0.505 e. The second kappa shape index (κ2) is 10.5. The van der Waals surface area contributed by atoms with Crippen LogP contribution in [0.5, 0.6) is 5.75 Å². The van der Waals surface area contributed by atoms with Gasteiger partial charge >= 0.3 is 0 Å². The van der Waals surface area contributed by atoms with E-state index in [0.29, 0.717) is 35.3 Å². The summed E-state index contributed by atoms with van der Waals surface area (Å²) in [6, 6.07) is 7.82. The summed E-state index contributed by atoms with van der Waals surface area (Å²) < 4.78 is 0. The lowest BCUT2D eigenvalue weighted by Gasteiger charge is -2.38. The molecule has 8 nitrogen and oxygen atoms in total. The number of fused-ring (bicyclic) bond motifs is 2. The van der Waals surface area contributed by atoms with E-state index >= 15 is 0 Å². The summed E-state index contributed by atoms with van der Waals surface area (Å²) in [7, 11) is 0. The van der Waals surface area contributed by atoms with Crippen molar-refractivity contribution in [3.63, 3.8) is 0 Å². The van der Waals surface area contributed by atoms with Gasteiger partial charge in [-0.25, -0.2) is 4.98 Å². The number of thiazole rings is 1. The monoisotopic (exact) mass is 494 g/mol. The second-order valence-electron chi connectivity index (χ2n) is 9.53. The van der Waals surface area contributed by atoms with Gasteiger partial charge in [-0.2, -0.15) is 0 Å². The zero-order valence-corrected chi connectivity index (χ0v) is 21.1. The molecule has 5 rings (SSSR count). The average Bonchev–Trinajstić information content (AvgIpc) is 3.26. The SMILES string of the molecule is CCCN(CCN1CCN(C(=O)c2ccc3cccnc3c2O)CC1)C1CCc2nc(N)sc2C1. The van der Waals surface area contributed by atoms with E-state index in [0.717, 1.165) is 63.8 Å². The normalized spacial score (nSPS) is 18.8. The van der Waals surface area contributed by atoms with E-state index in [1.807, 2.05) is 23.1 Å². The second-order valence-corrected chi connectivity index (χ2v) is 10.6. The van der Waals surface area contributed by atoms with Gasteiger partial charge in [-0.1, -0.05) is 19.1 Å². The molecule has 1 atom stereocenters. The van der Waals surface area contributed by atoms with Crippen molar-refractivity contribution in [2.75, 3.05) is 51.5 Å². The van der Waals surface area contributed by atoms with E-state index in [4.69, 9.17) is 5.73 Å². The highest BCUT2D eigenvalue weighted by atomic mass is 32.1. The van der Waals surface area contributed by atoms with E-state index in [1.54, 1.807) is 23.6 Å². The zero-order valence-electron chi connectivity index (χ0n) is 20.3. The van der Waals surface area contributed by atoms with E-state index in [1.165, 1.54) is 10.6 Å². The Bertz CT molecular complexity index is 1190. The van der Waals surface area contributed by atoms with Crippen LogP contribution in [0.2, 0.25) is 0 Å². The molecule has 0 radical (unpaired) electrons. The van der Waals surface area contributed by atoms with Crippen molar-refractivity contribution >= 4 is 33.3 Å². The third-order valence-electron chi connectivity index (χ3n) is 7.30. The number of phenolic OH excluding ortho intramolecular Hbond substituents is 1. The summed E-state index contributed by atoms with van der Waals surface area (Å²) in [6.45, 7) is 8.40. The van der Waals surface area contributed by atoms with Crippen LogP contribution in [0, 0.1) is 0 Å². The van der Waals surface area contributed by atoms with Crippen molar-refractivity contribution in [3.05, 3.63) is 46.6 Å². The van der Waals surface area contributed by atoms with Crippen LogP contribution >= 0.6 is 11.3 Å². The predicted octanol–water partition coefficient (Wildman–Crippen LogP) is 3.01. The number of hydrogen-bond acceptors (Lipinski definition) is 8. The van der Waals surface area contributed by atoms with E-state index in [2.05, 4.69) is 26.7 Å². The molecule has 1 aliphatic carbocycles. The molecule has 0 bridgehead atoms. The third-order valence-corrected chi connectivity index (χ3v) is 8.25. The number of anilines is 1. The van der Waals surface area contributed by atoms with Crippen LogP contribution < -0.4 is 5.73 Å². The topological polar surface area (TPSA) is 98.8 Å². The summed E-state index contributed by atoms with van der Waals surface area (Å²) in [4.78, 5) is 30.2. The maximum atomic E-state index is 13.1. The Morgan fingerprint density at radius 1 is 1.23 bits per heavy atom. The lowest BCUT2D eigenvalue weighted by Crippen LogP contribution is -2.51. The molecule has 2 aromatic heterocycles. The first-order chi connectivity index (χ1) is 17.0. The minimum Gasteiger partial charge on any atom is -0.505 e. The Balaban J connectivity index is 1.15. The number of carbonyl (C=O) groups is 1. The highest BCUT2D eigenvalue weighted by Crippen LogP contribution is 2.31. The standard InChI is InChI=1S/C26H34N6O2S/c1-2-10-31(19-6-8-21-22(17-19)35-26(27)29-21)14-11-30-12-15-32(16-13-30)25(34)20-7-5-18-4-3-9-28-23(18)24(20)33/h3-5,7,9,19,33H,2,6,8,10-17H2,1H3,(H2,27,29).